The van der Waals surface area contributed by atoms with Gasteiger partial charge in [0, 0.05) is 28.6 Å². The Morgan fingerprint density at radius 1 is 1.29 bits per heavy atom. The third kappa shape index (κ3) is 3.36. The molecule has 2 aromatic rings. The van der Waals surface area contributed by atoms with Gasteiger partial charge in [0.1, 0.15) is 0 Å². The molecule has 0 unspecified atom stereocenters. The Hall–Kier alpha value is -2.01. The fourth-order valence-corrected chi connectivity index (χ4v) is 3.44. The minimum absolute atomic E-state index is 0.222. The van der Waals surface area contributed by atoms with Gasteiger partial charge < -0.3 is 11.1 Å². The minimum Gasteiger partial charge on any atom is -0.383 e. The van der Waals surface area contributed by atoms with E-state index in [0.717, 1.165) is 12.2 Å². The van der Waals surface area contributed by atoms with Crippen molar-refractivity contribution >= 4 is 23.4 Å². The zero-order chi connectivity index (χ0) is 14.7. The van der Waals surface area contributed by atoms with Gasteiger partial charge in [-0.1, -0.05) is 18.2 Å². The van der Waals surface area contributed by atoms with Crippen LogP contribution in [0.5, 0.6) is 0 Å². The molecule has 1 heterocycles. The summed E-state index contributed by atoms with van der Waals surface area (Å²) < 4.78 is 0.222. The maximum Gasteiger partial charge on any atom is 0.252 e. The zero-order valence-corrected chi connectivity index (χ0v) is 12.4. The van der Waals surface area contributed by atoms with Crippen LogP contribution in [-0.4, -0.2) is 22.2 Å². The largest absolute Gasteiger partial charge is 0.383 e. The Morgan fingerprint density at radius 3 is 2.71 bits per heavy atom. The smallest absolute Gasteiger partial charge is 0.252 e. The molecule has 1 aliphatic rings. The molecule has 1 aromatic heterocycles. The third-order valence-electron chi connectivity index (χ3n) is 3.57. The van der Waals surface area contributed by atoms with Crippen molar-refractivity contribution < 1.29 is 4.79 Å². The molecule has 1 fully saturated rings. The number of nitrogens with one attached hydrogen (secondary N) is 1. The predicted octanol–water partition coefficient (Wildman–Crippen LogP) is 2.92. The minimum atomic E-state index is -0.453. The quantitative estimate of drug-likeness (QED) is 0.860. The second-order valence-corrected chi connectivity index (χ2v) is 6.78. The Labute approximate surface area is 128 Å². The van der Waals surface area contributed by atoms with Crippen molar-refractivity contribution in [2.24, 2.45) is 5.73 Å². The summed E-state index contributed by atoms with van der Waals surface area (Å²) in [5.74, 6) is -0.453. The number of hydrogen-bond acceptors (Lipinski definition) is 4. The molecular formula is C16H17N3OS. The summed E-state index contributed by atoms with van der Waals surface area (Å²) in [6.07, 6.45) is 5.53. The van der Waals surface area contributed by atoms with Crippen LogP contribution in [0.2, 0.25) is 0 Å². The van der Waals surface area contributed by atoms with Crippen LogP contribution in [0.25, 0.3) is 0 Å². The van der Waals surface area contributed by atoms with E-state index in [2.05, 4.69) is 34.6 Å². The number of nitrogens with two attached hydrogens (primary N) is 1. The highest BCUT2D eigenvalue weighted by atomic mass is 32.2. The van der Waals surface area contributed by atoms with E-state index in [9.17, 15) is 4.79 Å². The molecule has 5 heteroatoms. The lowest BCUT2D eigenvalue weighted by atomic mass is 10.2. The van der Waals surface area contributed by atoms with Crippen molar-refractivity contribution in [2.45, 2.75) is 22.5 Å². The van der Waals surface area contributed by atoms with Crippen LogP contribution in [-0.2, 0) is 0 Å². The van der Waals surface area contributed by atoms with Gasteiger partial charge in [0.05, 0.1) is 11.3 Å². The van der Waals surface area contributed by atoms with Gasteiger partial charge in [-0.2, -0.15) is 0 Å². The first-order valence-corrected chi connectivity index (χ1v) is 7.72. The molecule has 21 heavy (non-hydrogen) atoms. The number of thioether (sulfide) groups is 1. The zero-order valence-electron chi connectivity index (χ0n) is 11.6. The third-order valence-corrected chi connectivity index (χ3v) is 5.07. The van der Waals surface area contributed by atoms with Gasteiger partial charge in [0.25, 0.3) is 5.91 Å². The lowest BCUT2D eigenvalue weighted by Crippen LogP contribution is -2.21. The van der Waals surface area contributed by atoms with Crippen LogP contribution in [0.4, 0.5) is 5.69 Å². The number of aromatic nitrogens is 1. The average Bonchev–Trinajstić information content (AvgIpc) is 3.26. The van der Waals surface area contributed by atoms with Crippen LogP contribution in [0.15, 0.2) is 53.7 Å². The van der Waals surface area contributed by atoms with Crippen molar-refractivity contribution in [1.82, 2.24) is 4.98 Å². The topological polar surface area (TPSA) is 68.0 Å². The first-order valence-electron chi connectivity index (χ1n) is 6.90. The number of amides is 1. The number of carbonyl (C=O) groups excluding carboxylic acids is 1. The lowest BCUT2D eigenvalue weighted by Gasteiger charge is -2.17. The Morgan fingerprint density at radius 2 is 2.05 bits per heavy atom. The van der Waals surface area contributed by atoms with E-state index < -0.39 is 5.91 Å². The van der Waals surface area contributed by atoms with E-state index in [1.54, 1.807) is 12.3 Å². The van der Waals surface area contributed by atoms with Crippen LogP contribution in [0.1, 0.15) is 23.2 Å². The molecule has 0 saturated heterocycles. The van der Waals surface area contributed by atoms with Gasteiger partial charge in [-0.25, -0.2) is 0 Å². The molecule has 1 aliphatic carbocycles. The highest BCUT2D eigenvalue weighted by molar-refractivity contribution is 8.01. The SMILES string of the molecule is NC(=O)c1cnccc1NCC1(Sc2ccccc2)CC1. The summed E-state index contributed by atoms with van der Waals surface area (Å²) in [6.45, 7) is 0.816. The van der Waals surface area contributed by atoms with Crippen molar-refractivity contribution in [1.29, 1.82) is 0 Å². The molecule has 3 N–H and O–H groups in total. The normalized spacial score (nSPS) is 15.4. The molecule has 0 radical (unpaired) electrons. The van der Waals surface area contributed by atoms with Gasteiger partial charge in [-0.05, 0) is 31.0 Å². The maximum atomic E-state index is 11.4. The standard InChI is InChI=1S/C16H17N3OS/c17-15(20)13-10-18-9-6-14(13)19-11-16(7-8-16)21-12-4-2-1-3-5-12/h1-6,9-10H,7-8,11H2,(H2,17,20)(H,18,19). The van der Waals surface area contributed by atoms with Crippen molar-refractivity contribution in [3.8, 4) is 0 Å². The second-order valence-electron chi connectivity index (χ2n) is 5.24. The number of pyridine rings is 1. The molecule has 1 amide bonds. The van der Waals surface area contributed by atoms with Crippen molar-refractivity contribution in [3.05, 3.63) is 54.4 Å². The van der Waals surface area contributed by atoms with Crippen LogP contribution < -0.4 is 11.1 Å². The van der Waals surface area contributed by atoms with E-state index >= 15 is 0 Å². The molecule has 0 bridgehead atoms. The first-order chi connectivity index (χ1) is 10.2. The van der Waals surface area contributed by atoms with E-state index in [-0.39, 0.29) is 4.75 Å². The monoisotopic (exact) mass is 299 g/mol. The summed E-state index contributed by atoms with van der Waals surface area (Å²) >= 11 is 1.90. The van der Waals surface area contributed by atoms with Crippen molar-refractivity contribution in [2.75, 3.05) is 11.9 Å². The van der Waals surface area contributed by atoms with E-state index in [4.69, 9.17) is 5.73 Å². The van der Waals surface area contributed by atoms with Crippen molar-refractivity contribution in [3.63, 3.8) is 0 Å². The molecule has 0 spiro atoms. The Kier molecular flexibility index (Phi) is 3.84. The first kappa shape index (κ1) is 13.9. The summed E-state index contributed by atoms with van der Waals surface area (Å²) in [5.41, 5.74) is 6.57. The summed E-state index contributed by atoms with van der Waals surface area (Å²) in [5, 5.41) is 3.36. The summed E-state index contributed by atoms with van der Waals surface area (Å²) in [7, 11) is 0. The van der Waals surface area contributed by atoms with Gasteiger partial charge in [-0.3, -0.25) is 9.78 Å². The lowest BCUT2D eigenvalue weighted by molar-refractivity contribution is 0.100. The average molecular weight is 299 g/mol. The van der Waals surface area contributed by atoms with Gasteiger partial charge >= 0.3 is 0 Å². The van der Waals surface area contributed by atoms with E-state index in [1.807, 2.05) is 17.8 Å². The fourth-order valence-electron chi connectivity index (χ4n) is 2.19. The number of primary amides is 1. The molecule has 3 rings (SSSR count). The van der Waals surface area contributed by atoms with Crippen LogP contribution >= 0.6 is 11.8 Å². The molecule has 108 valence electrons. The number of anilines is 1. The molecule has 0 aliphatic heterocycles. The summed E-state index contributed by atoms with van der Waals surface area (Å²) in [4.78, 5) is 16.6. The molecular weight excluding hydrogens is 282 g/mol. The number of nitrogens with zero attached hydrogens (tertiary/aromatic N) is 1. The number of carbonyl (C=O) groups is 1. The maximum absolute atomic E-state index is 11.4. The molecule has 1 aromatic carbocycles. The predicted molar refractivity (Wildman–Crippen MR) is 85.5 cm³/mol. The molecule has 1 saturated carbocycles. The highest BCUT2D eigenvalue weighted by Gasteiger charge is 2.43. The number of hydrogen-bond donors (Lipinski definition) is 2. The molecule has 4 nitrogen and oxygen atoms in total. The van der Waals surface area contributed by atoms with Gasteiger partial charge in [0.2, 0.25) is 0 Å². The van der Waals surface area contributed by atoms with Gasteiger partial charge in [-0.15, -0.1) is 11.8 Å². The van der Waals surface area contributed by atoms with Crippen LogP contribution in [0.3, 0.4) is 0 Å². The Bertz CT molecular complexity index is 641. The number of benzene rings is 1. The Balaban J connectivity index is 1.67. The van der Waals surface area contributed by atoms with Crippen LogP contribution in [0, 0.1) is 0 Å². The second kappa shape index (κ2) is 5.77. The molecule has 0 atom stereocenters. The number of rotatable bonds is 6. The fraction of sp³-hybridized carbons (Fsp3) is 0.250. The van der Waals surface area contributed by atoms with E-state index in [0.29, 0.717) is 5.56 Å². The summed E-state index contributed by atoms with van der Waals surface area (Å²) in [6, 6.07) is 12.2. The van der Waals surface area contributed by atoms with Gasteiger partial charge in [0.15, 0.2) is 0 Å². The van der Waals surface area contributed by atoms with E-state index in [1.165, 1.54) is 23.9 Å². The highest BCUT2D eigenvalue weighted by Crippen LogP contribution is 2.51.